The molecule has 0 aliphatic carbocycles. The van der Waals surface area contributed by atoms with E-state index in [1.54, 1.807) is 6.33 Å². The van der Waals surface area contributed by atoms with Crippen molar-refractivity contribution in [2.24, 2.45) is 0 Å². The minimum Gasteiger partial charge on any atom is -0.369 e. The van der Waals surface area contributed by atoms with Crippen molar-refractivity contribution in [3.8, 4) is 0 Å². The van der Waals surface area contributed by atoms with Gasteiger partial charge in [0, 0.05) is 17.0 Å². The summed E-state index contributed by atoms with van der Waals surface area (Å²) in [7, 11) is 0. The predicted octanol–water partition coefficient (Wildman–Crippen LogP) is 5.55. The Balaban J connectivity index is 0.000000829. The SMILES string of the molecule is CC.CC.CCCCNc1ncnc2cc(Cl)ccc12. The third-order valence-electron chi connectivity index (χ3n) is 2.42. The number of hydrogen-bond donors (Lipinski definition) is 1. The van der Waals surface area contributed by atoms with Crippen LogP contribution < -0.4 is 5.32 Å². The first-order valence-electron chi connectivity index (χ1n) is 7.45. The molecule has 112 valence electrons. The molecule has 0 aliphatic rings. The molecular weight excluding hydrogens is 270 g/mol. The van der Waals surface area contributed by atoms with Gasteiger partial charge in [-0.15, -0.1) is 0 Å². The highest BCUT2D eigenvalue weighted by Gasteiger charge is 2.02. The number of rotatable bonds is 4. The lowest BCUT2D eigenvalue weighted by molar-refractivity contribution is 0.831. The minimum absolute atomic E-state index is 0.700. The summed E-state index contributed by atoms with van der Waals surface area (Å²) in [5, 5.41) is 5.03. The van der Waals surface area contributed by atoms with Gasteiger partial charge in [-0.3, -0.25) is 0 Å². The molecular formula is C16H26ClN3. The summed E-state index contributed by atoms with van der Waals surface area (Å²) >= 11 is 5.92. The number of nitrogens with zero attached hydrogens (tertiary/aromatic N) is 2. The van der Waals surface area contributed by atoms with Crippen LogP contribution in [0.5, 0.6) is 0 Å². The molecule has 3 nitrogen and oxygen atoms in total. The van der Waals surface area contributed by atoms with Gasteiger partial charge in [0.1, 0.15) is 12.1 Å². The van der Waals surface area contributed by atoms with Gasteiger partial charge in [-0.1, -0.05) is 52.6 Å². The molecule has 1 aromatic carbocycles. The van der Waals surface area contributed by atoms with E-state index in [9.17, 15) is 0 Å². The molecule has 1 aromatic heterocycles. The maximum atomic E-state index is 5.92. The van der Waals surface area contributed by atoms with Gasteiger partial charge in [0.2, 0.25) is 0 Å². The average Bonchev–Trinajstić information content (AvgIpc) is 2.51. The summed E-state index contributed by atoms with van der Waals surface area (Å²) in [4.78, 5) is 8.44. The van der Waals surface area contributed by atoms with Crippen molar-refractivity contribution < 1.29 is 0 Å². The quantitative estimate of drug-likeness (QED) is 0.752. The van der Waals surface area contributed by atoms with Crippen LogP contribution >= 0.6 is 11.6 Å². The van der Waals surface area contributed by atoms with Crippen LogP contribution in [0, 0.1) is 0 Å². The number of nitrogens with one attached hydrogen (secondary N) is 1. The van der Waals surface area contributed by atoms with Crippen LogP contribution in [0.1, 0.15) is 47.5 Å². The summed E-state index contributed by atoms with van der Waals surface area (Å²) in [6.45, 7) is 11.1. The summed E-state index contributed by atoms with van der Waals surface area (Å²) in [6.07, 6.45) is 3.87. The lowest BCUT2D eigenvalue weighted by Crippen LogP contribution is -2.03. The first kappa shape index (κ1) is 18.7. The predicted molar refractivity (Wildman–Crippen MR) is 90.6 cm³/mol. The maximum Gasteiger partial charge on any atom is 0.137 e. The van der Waals surface area contributed by atoms with Crippen molar-refractivity contribution in [3.05, 3.63) is 29.5 Å². The molecule has 0 saturated carbocycles. The first-order chi connectivity index (χ1) is 9.81. The van der Waals surface area contributed by atoms with Gasteiger partial charge in [-0.05, 0) is 24.6 Å². The fourth-order valence-electron chi connectivity index (χ4n) is 1.55. The van der Waals surface area contributed by atoms with Crippen molar-refractivity contribution in [2.45, 2.75) is 47.5 Å². The molecule has 0 spiro atoms. The molecule has 0 amide bonds. The van der Waals surface area contributed by atoms with Crippen molar-refractivity contribution >= 4 is 28.3 Å². The first-order valence-corrected chi connectivity index (χ1v) is 7.83. The molecule has 0 radical (unpaired) electrons. The number of halogens is 1. The van der Waals surface area contributed by atoms with Gasteiger partial charge in [0.05, 0.1) is 5.52 Å². The third-order valence-corrected chi connectivity index (χ3v) is 2.66. The van der Waals surface area contributed by atoms with Crippen molar-refractivity contribution in [3.63, 3.8) is 0 Å². The number of benzene rings is 1. The Bertz CT molecular complexity index is 486. The molecule has 1 heterocycles. The van der Waals surface area contributed by atoms with Crippen molar-refractivity contribution in [1.29, 1.82) is 0 Å². The molecule has 2 rings (SSSR count). The Morgan fingerprint density at radius 1 is 1.10 bits per heavy atom. The van der Waals surface area contributed by atoms with E-state index >= 15 is 0 Å². The lowest BCUT2D eigenvalue weighted by Gasteiger charge is -2.07. The van der Waals surface area contributed by atoms with Gasteiger partial charge >= 0.3 is 0 Å². The Hall–Kier alpha value is -1.35. The second-order valence-corrected chi connectivity index (χ2v) is 4.10. The van der Waals surface area contributed by atoms with E-state index in [1.807, 2.05) is 45.9 Å². The smallest absolute Gasteiger partial charge is 0.137 e. The van der Waals surface area contributed by atoms with E-state index < -0.39 is 0 Å². The van der Waals surface area contributed by atoms with Gasteiger partial charge in [0.25, 0.3) is 0 Å². The van der Waals surface area contributed by atoms with E-state index in [2.05, 4.69) is 22.2 Å². The third kappa shape index (κ3) is 5.74. The number of fused-ring (bicyclic) bond motifs is 1. The van der Waals surface area contributed by atoms with Gasteiger partial charge in [0.15, 0.2) is 0 Å². The van der Waals surface area contributed by atoms with Crippen molar-refractivity contribution in [1.82, 2.24) is 9.97 Å². The van der Waals surface area contributed by atoms with Crippen LogP contribution in [0.3, 0.4) is 0 Å². The Labute approximate surface area is 127 Å². The zero-order chi connectivity index (χ0) is 15.4. The summed E-state index contributed by atoms with van der Waals surface area (Å²) in [6, 6.07) is 5.66. The van der Waals surface area contributed by atoms with Crippen LogP contribution in [0.4, 0.5) is 5.82 Å². The monoisotopic (exact) mass is 295 g/mol. The molecule has 0 fully saturated rings. The standard InChI is InChI=1S/C12H14ClN3.2C2H6/c1-2-3-6-14-12-10-5-4-9(13)7-11(10)15-8-16-12;2*1-2/h4-5,7-8H,2-3,6H2,1H3,(H,14,15,16);2*1-2H3. The van der Waals surface area contributed by atoms with Crippen LogP contribution in [-0.2, 0) is 0 Å². The topological polar surface area (TPSA) is 37.8 Å². The lowest BCUT2D eigenvalue weighted by atomic mass is 10.2. The normalized spacial score (nSPS) is 9.10. The molecule has 2 aromatic rings. The minimum atomic E-state index is 0.700. The van der Waals surface area contributed by atoms with Crippen LogP contribution in [0.15, 0.2) is 24.5 Å². The van der Waals surface area contributed by atoms with Crippen LogP contribution in [-0.4, -0.2) is 16.5 Å². The van der Waals surface area contributed by atoms with Gasteiger partial charge < -0.3 is 5.32 Å². The van der Waals surface area contributed by atoms with E-state index in [0.717, 1.165) is 29.7 Å². The Kier molecular flexibility index (Phi) is 10.7. The van der Waals surface area contributed by atoms with Crippen LogP contribution in [0.25, 0.3) is 10.9 Å². The zero-order valence-corrected chi connectivity index (χ0v) is 14.0. The number of hydrogen-bond acceptors (Lipinski definition) is 3. The highest BCUT2D eigenvalue weighted by molar-refractivity contribution is 6.31. The Morgan fingerprint density at radius 3 is 2.45 bits per heavy atom. The number of unbranched alkanes of at least 4 members (excludes halogenated alkanes) is 1. The largest absolute Gasteiger partial charge is 0.369 e. The zero-order valence-electron chi connectivity index (χ0n) is 13.2. The summed E-state index contributed by atoms with van der Waals surface area (Å²) in [5.74, 6) is 0.884. The Morgan fingerprint density at radius 2 is 1.80 bits per heavy atom. The van der Waals surface area contributed by atoms with Gasteiger partial charge in [-0.25, -0.2) is 9.97 Å². The van der Waals surface area contributed by atoms with Crippen LogP contribution in [0.2, 0.25) is 5.02 Å². The molecule has 0 atom stereocenters. The summed E-state index contributed by atoms with van der Waals surface area (Å²) in [5.41, 5.74) is 0.876. The second-order valence-electron chi connectivity index (χ2n) is 3.66. The molecule has 4 heteroatoms. The molecule has 1 N–H and O–H groups in total. The van der Waals surface area contributed by atoms with Gasteiger partial charge in [-0.2, -0.15) is 0 Å². The van der Waals surface area contributed by atoms with E-state index in [0.29, 0.717) is 5.02 Å². The molecule has 0 bridgehead atoms. The fraction of sp³-hybridized carbons (Fsp3) is 0.500. The fourth-order valence-corrected chi connectivity index (χ4v) is 1.72. The van der Waals surface area contributed by atoms with Crippen molar-refractivity contribution in [2.75, 3.05) is 11.9 Å². The van der Waals surface area contributed by atoms with E-state index in [-0.39, 0.29) is 0 Å². The second kappa shape index (κ2) is 11.5. The highest BCUT2D eigenvalue weighted by Crippen LogP contribution is 2.22. The maximum absolute atomic E-state index is 5.92. The molecule has 0 aliphatic heterocycles. The highest BCUT2D eigenvalue weighted by atomic mass is 35.5. The van der Waals surface area contributed by atoms with E-state index in [1.165, 1.54) is 6.42 Å². The molecule has 0 unspecified atom stereocenters. The number of anilines is 1. The number of aromatic nitrogens is 2. The van der Waals surface area contributed by atoms with E-state index in [4.69, 9.17) is 11.6 Å². The molecule has 0 saturated heterocycles. The average molecular weight is 296 g/mol. The summed E-state index contributed by atoms with van der Waals surface area (Å²) < 4.78 is 0. The molecule has 20 heavy (non-hydrogen) atoms.